The van der Waals surface area contributed by atoms with E-state index < -0.39 is 77.2 Å². The maximum absolute atomic E-state index is 13.4. The summed E-state index contributed by atoms with van der Waals surface area (Å²) >= 11 is 0. The van der Waals surface area contributed by atoms with Gasteiger partial charge >= 0.3 is 0 Å². The number of carbonyl (C=O) groups excluding carboxylic acids is 6. The molecule has 45 heavy (non-hydrogen) atoms. The van der Waals surface area contributed by atoms with Crippen molar-refractivity contribution < 1.29 is 28.8 Å². The van der Waals surface area contributed by atoms with E-state index in [-0.39, 0.29) is 29.0 Å². The molecule has 244 valence electrons. The lowest BCUT2D eigenvalue weighted by atomic mass is 9.95. The zero-order valence-corrected chi connectivity index (χ0v) is 26.0. The smallest absolute Gasteiger partial charge is 0.273 e. The lowest BCUT2D eigenvalue weighted by Crippen LogP contribution is -2.56. The van der Waals surface area contributed by atoms with Gasteiger partial charge in [0.25, 0.3) is 11.1 Å². The Bertz CT molecular complexity index is 1580. The van der Waals surface area contributed by atoms with Crippen LogP contribution < -0.4 is 37.7 Å². The summed E-state index contributed by atoms with van der Waals surface area (Å²) < 4.78 is 0.865. The molecule has 2 aromatic rings. The van der Waals surface area contributed by atoms with Crippen LogP contribution in [0.15, 0.2) is 33.9 Å². The van der Waals surface area contributed by atoms with Gasteiger partial charge in [0.15, 0.2) is 5.78 Å². The van der Waals surface area contributed by atoms with E-state index >= 15 is 0 Å². The number of aromatic amines is 1. The fourth-order valence-electron chi connectivity index (χ4n) is 5.08. The van der Waals surface area contributed by atoms with Gasteiger partial charge in [0.1, 0.15) is 24.7 Å². The molecule has 1 aliphatic heterocycles. The van der Waals surface area contributed by atoms with E-state index in [1.165, 1.54) is 32.9 Å². The van der Waals surface area contributed by atoms with Gasteiger partial charge in [-0.2, -0.15) is 0 Å². The lowest BCUT2D eigenvalue weighted by molar-refractivity contribution is -0.134. The van der Waals surface area contributed by atoms with E-state index in [0.717, 1.165) is 4.68 Å². The minimum Gasteiger partial charge on any atom is -0.356 e. The molecule has 6 N–H and O–H groups in total. The molecule has 5 atom stereocenters. The normalized spacial score (nSPS) is 17.1. The van der Waals surface area contributed by atoms with Gasteiger partial charge in [-0.05, 0) is 51.2 Å². The van der Waals surface area contributed by atoms with Crippen molar-refractivity contribution in [3.8, 4) is 0 Å². The highest BCUT2D eigenvalue weighted by Gasteiger charge is 2.33. The Morgan fingerprint density at radius 1 is 0.844 bits per heavy atom. The van der Waals surface area contributed by atoms with Crippen molar-refractivity contribution in [1.82, 2.24) is 36.4 Å². The van der Waals surface area contributed by atoms with Crippen LogP contribution in [-0.2, 0) is 35.3 Å². The molecule has 5 unspecified atom stereocenters. The van der Waals surface area contributed by atoms with Crippen molar-refractivity contribution in [3.05, 3.63) is 45.0 Å². The van der Waals surface area contributed by atoms with Crippen LogP contribution in [0.5, 0.6) is 0 Å². The molecule has 0 bridgehead atoms. The SMILES string of the molecule is CC(=O)NC(CC(C)C)C(=O)NC(C)C(=O)NC(C)C(=O)NC(CC1CCNC1=O)C(=O)Cn1[nH]c(=O)c2ccccc2c1=O. The summed E-state index contributed by atoms with van der Waals surface area (Å²) in [6.07, 6.45) is 0.730. The Morgan fingerprint density at radius 3 is 2.02 bits per heavy atom. The molecule has 1 aromatic carbocycles. The van der Waals surface area contributed by atoms with Crippen molar-refractivity contribution in [2.45, 2.75) is 84.6 Å². The first-order chi connectivity index (χ1) is 21.2. The van der Waals surface area contributed by atoms with Crippen molar-refractivity contribution in [2.75, 3.05) is 6.54 Å². The molecular weight excluding hydrogens is 586 g/mol. The molecule has 0 spiro atoms. The second-order valence-corrected chi connectivity index (χ2v) is 11.8. The standard InChI is InChI=1S/C30H41N7O8/c1-15(2)12-23(34-18(5)38)29(44)33-16(3)25(40)32-17(4)26(41)35-22(13-19-10-11-31-27(19)42)24(39)14-37-30(45)21-9-7-6-8-20(21)28(43)36-37/h6-9,15-17,19,22-23H,10-14H2,1-5H3,(H,31,42)(H,32,40)(H,33,44)(H,34,38)(H,35,41)(H,36,43). The lowest BCUT2D eigenvalue weighted by Gasteiger charge is -2.24. The van der Waals surface area contributed by atoms with Gasteiger partial charge in [-0.3, -0.25) is 43.5 Å². The maximum Gasteiger partial charge on any atom is 0.273 e. The molecule has 0 aliphatic carbocycles. The van der Waals surface area contributed by atoms with Crippen LogP contribution in [0.2, 0.25) is 0 Å². The number of aromatic nitrogens is 2. The summed E-state index contributed by atoms with van der Waals surface area (Å²) in [5.41, 5.74) is -1.17. The molecule has 1 aromatic heterocycles. The fourth-order valence-corrected chi connectivity index (χ4v) is 5.08. The average Bonchev–Trinajstić information content (AvgIpc) is 3.38. The molecular formula is C30H41N7O8. The number of amides is 5. The van der Waals surface area contributed by atoms with Gasteiger partial charge in [-0.15, -0.1) is 0 Å². The second-order valence-electron chi connectivity index (χ2n) is 11.8. The summed E-state index contributed by atoms with van der Waals surface area (Å²) in [4.78, 5) is 101. The number of Topliss-reactive ketones (excluding diaryl/α,β-unsaturated/α-hetero) is 1. The Labute approximate surface area is 259 Å². The highest BCUT2D eigenvalue weighted by atomic mass is 16.2. The largest absolute Gasteiger partial charge is 0.356 e. The monoisotopic (exact) mass is 627 g/mol. The van der Waals surface area contributed by atoms with Gasteiger partial charge in [-0.25, -0.2) is 4.68 Å². The predicted molar refractivity (Wildman–Crippen MR) is 164 cm³/mol. The van der Waals surface area contributed by atoms with E-state index in [1.54, 1.807) is 12.1 Å². The number of nitrogens with one attached hydrogen (secondary N) is 6. The topological polar surface area (TPSA) is 217 Å². The van der Waals surface area contributed by atoms with Gasteiger partial charge in [0.2, 0.25) is 29.5 Å². The zero-order valence-electron chi connectivity index (χ0n) is 26.0. The highest BCUT2D eigenvalue weighted by molar-refractivity contribution is 5.95. The summed E-state index contributed by atoms with van der Waals surface area (Å²) in [5.74, 6) is -3.77. The molecule has 3 rings (SSSR count). The molecule has 1 aliphatic rings. The Balaban J connectivity index is 1.70. The van der Waals surface area contributed by atoms with Crippen LogP contribution >= 0.6 is 0 Å². The Morgan fingerprint density at radius 2 is 1.44 bits per heavy atom. The van der Waals surface area contributed by atoms with Crippen LogP contribution in [0.25, 0.3) is 10.8 Å². The first kappa shape index (κ1) is 34.7. The average molecular weight is 628 g/mol. The molecule has 0 radical (unpaired) electrons. The first-order valence-electron chi connectivity index (χ1n) is 14.9. The number of nitrogens with zero attached hydrogens (tertiary/aromatic N) is 1. The number of fused-ring (bicyclic) bond motifs is 1. The molecule has 5 amide bonds. The van der Waals surface area contributed by atoms with Crippen LogP contribution in [-0.4, -0.2) is 75.8 Å². The third-order valence-electron chi connectivity index (χ3n) is 7.49. The summed E-state index contributed by atoms with van der Waals surface area (Å²) in [7, 11) is 0. The third-order valence-corrected chi connectivity index (χ3v) is 7.49. The number of H-pyrrole nitrogens is 1. The predicted octanol–water partition coefficient (Wildman–Crippen LogP) is -1.17. The number of ketones is 1. The van der Waals surface area contributed by atoms with E-state index in [1.807, 2.05) is 13.8 Å². The molecule has 1 fully saturated rings. The van der Waals surface area contributed by atoms with Crippen LogP contribution in [0.1, 0.15) is 53.9 Å². The summed E-state index contributed by atoms with van der Waals surface area (Å²) in [6.45, 7) is 7.69. The van der Waals surface area contributed by atoms with Gasteiger partial charge in [-0.1, -0.05) is 26.0 Å². The maximum atomic E-state index is 13.4. The van der Waals surface area contributed by atoms with Crippen molar-refractivity contribution in [2.24, 2.45) is 11.8 Å². The van der Waals surface area contributed by atoms with Gasteiger partial charge < -0.3 is 26.6 Å². The number of hydrogen-bond acceptors (Lipinski definition) is 8. The molecule has 15 nitrogen and oxygen atoms in total. The van der Waals surface area contributed by atoms with E-state index in [2.05, 4.69) is 31.7 Å². The van der Waals surface area contributed by atoms with Crippen LogP contribution in [0.4, 0.5) is 0 Å². The van der Waals surface area contributed by atoms with E-state index in [4.69, 9.17) is 0 Å². The summed E-state index contributed by atoms with van der Waals surface area (Å²) in [6, 6.07) is 1.86. The Kier molecular flexibility index (Phi) is 11.8. The number of hydrogen-bond donors (Lipinski definition) is 6. The van der Waals surface area contributed by atoms with E-state index in [0.29, 0.717) is 19.4 Å². The fraction of sp³-hybridized carbons (Fsp3) is 0.533. The van der Waals surface area contributed by atoms with Crippen LogP contribution in [0.3, 0.4) is 0 Å². The zero-order chi connectivity index (χ0) is 33.4. The molecule has 1 saturated heterocycles. The third kappa shape index (κ3) is 9.33. The van der Waals surface area contributed by atoms with Crippen molar-refractivity contribution in [3.63, 3.8) is 0 Å². The molecule has 15 heteroatoms. The second kappa shape index (κ2) is 15.3. The van der Waals surface area contributed by atoms with Crippen molar-refractivity contribution in [1.29, 1.82) is 0 Å². The van der Waals surface area contributed by atoms with Crippen LogP contribution in [0, 0.1) is 11.8 Å². The quantitative estimate of drug-likeness (QED) is 0.150. The number of carbonyl (C=O) groups is 6. The minimum absolute atomic E-state index is 0.0590. The van der Waals surface area contributed by atoms with Gasteiger partial charge in [0, 0.05) is 19.4 Å². The molecule has 2 heterocycles. The number of benzene rings is 1. The first-order valence-corrected chi connectivity index (χ1v) is 14.9. The number of rotatable bonds is 14. The van der Waals surface area contributed by atoms with E-state index in [9.17, 15) is 38.4 Å². The minimum atomic E-state index is -1.22. The van der Waals surface area contributed by atoms with Gasteiger partial charge in [0.05, 0.1) is 16.8 Å². The molecule has 0 saturated carbocycles. The highest BCUT2D eigenvalue weighted by Crippen LogP contribution is 2.17. The Hall–Kier alpha value is -4.82. The van der Waals surface area contributed by atoms with Crippen molar-refractivity contribution >= 4 is 46.1 Å². The summed E-state index contributed by atoms with van der Waals surface area (Å²) in [5, 5.41) is 15.5.